The normalized spacial score (nSPS) is 46.2. The highest BCUT2D eigenvalue weighted by molar-refractivity contribution is 7.98. The predicted octanol–water partition coefficient (Wildman–Crippen LogP) is 3.26. The number of aliphatic hydroxyl groups excluding tert-OH is 2. The summed E-state index contributed by atoms with van der Waals surface area (Å²) in [6.45, 7) is 18.0. The maximum Gasteiger partial charge on any atom is 0.311 e. The number of nitrogens with one attached hydrogen (secondary N) is 1. The molecule has 4 aliphatic rings. The number of nitrogens with zero attached hydrogens (tertiary/aromatic N) is 2. The van der Waals surface area contributed by atoms with Crippen molar-refractivity contribution in [2.45, 2.75) is 192 Å². The minimum Gasteiger partial charge on any atom is -0.459 e. The van der Waals surface area contributed by atoms with Crippen LogP contribution in [0.15, 0.2) is 4.99 Å². The van der Waals surface area contributed by atoms with Gasteiger partial charge in [0.1, 0.15) is 23.9 Å². The summed E-state index contributed by atoms with van der Waals surface area (Å²) in [6, 6.07) is -0.504. The van der Waals surface area contributed by atoms with Crippen molar-refractivity contribution in [1.82, 2.24) is 10.2 Å². The van der Waals surface area contributed by atoms with Crippen LogP contribution in [0, 0.1) is 17.8 Å². The molecule has 342 valence electrons. The number of hydrogen-bond donors (Lipinski definition) is 4. The largest absolute Gasteiger partial charge is 0.459 e. The lowest BCUT2D eigenvalue weighted by Gasteiger charge is -2.49. The smallest absolute Gasteiger partial charge is 0.311 e. The number of hydrogen-bond acceptors (Lipinski definition) is 15. The van der Waals surface area contributed by atoms with E-state index in [2.05, 4.69) is 11.6 Å². The Morgan fingerprint density at radius 1 is 0.949 bits per heavy atom. The maximum atomic E-state index is 14.4. The average Bonchev–Trinajstić information content (AvgIpc) is 3.51. The van der Waals surface area contributed by atoms with Gasteiger partial charge in [0.25, 0.3) is 6.02 Å². The van der Waals surface area contributed by atoms with Gasteiger partial charge < -0.3 is 63.4 Å². The minimum atomic E-state index is -1.94. The number of cyclic esters (lactones) is 1. The fourth-order valence-corrected chi connectivity index (χ4v) is 9.70. The van der Waals surface area contributed by atoms with Crippen molar-refractivity contribution < 1.29 is 62.8 Å². The molecule has 0 aromatic rings. The fourth-order valence-electron chi connectivity index (χ4n) is 9.28. The first kappa shape index (κ1) is 49.9. The topological polar surface area (TPSA) is 196 Å². The SMILES string of the molecule is CC[C@H]1OC(=O)[C@H](C)[C@@H](O[C@H]2C[C@@](C)(OC)[C@@H](O)[C@H](C)O2)[C@H](C)[C@@H](O[C@H]2O[C@H](C)C[C@H]3[C@H]2OC(=NCCCSC)N3C)[C@](C)(OC)C[C@@H](C)C(=O)N[C@H](C)[C@@H](O)[C@]1(C)O. The number of methoxy groups -OCH3 is 2. The Morgan fingerprint density at radius 3 is 2.22 bits per heavy atom. The van der Waals surface area contributed by atoms with Gasteiger partial charge in [-0.3, -0.25) is 9.59 Å². The van der Waals surface area contributed by atoms with E-state index >= 15 is 0 Å². The van der Waals surface area contributed by atoms with Crippen molar-refractivity contribution in [1.29, 1.82) is 0 Å². The molecular weight excluding hydrogens is 787 g/mol. The molecule has 4 saturated heterocycles. The zero-order chi connectivity index (χ0) is 44.2. The van der Waals surface area contributed by atoms with Gasteiger partial charge in [-0.15, -0.1) is 0 Å². The van der Waals surface area contributed by atoms with E-state index in [1.165, 1.54) is 14.0 Å². The molecule has 16 nitrogen and oxygen atoms in total. The third kappa shape index (κ3) is 11.1. The van der Waals surface area contributed by atoms with Crippen LogP contribution < -0.4 is 5.32 Å². The van der Waals surface area contributed by atoms with Gasteiger partial charge in [0, 0.05) is 46.1 Å². The zero-order valence-corrected chi connectivity index (χ0v) is 38.7. The lowest BCUT2D eigenvalue weighted by molar-refractivity contribution is -0.315. The first-order valence-corrected chi connectivity index (χ1v) is 22.7. The van der Waals surface area contributed by atoms with Crippen molar-refractivity contribution in [3.8, 4) is 0 Å². The second-order valence-electron chi connectivity index (χ2n) is 18.0. The molecule has 17 heteroatoms. The first-order chi connectivity index (χ1) is 27.6. The molecule has 0 unspecified atom stereocenters. The van der Waals surface area contributed by atoms with Gasteiger partial charge >= 0.3 is 5.97 Å². The number of thioether (sulfide) groups is 1. The van der Waals surface area contributed by atoms with Crippen molar-refractivity contribution in [3.05, 3.63) is 0 Å². The molecule has 0 bridgehead atoms. The lowest BCUT2D eigenvalue weighted by atomic mass is 9.77. The molecule has 59 heavy (non-hydrogen) atoms. The number of rotatable bonds is 11. The van der Waals surface area contributed by atoms with E-state index in [1.807, 2.05) is 32.7 Å². The number of ether oxygens (including phenoxy) is 8. The maximum absolute atomic E-state index is 14.4. The highest BCUT2D eigenvalue weighted by Crippen LogP contribution is 2.42. The van der Waals surface area contributed by atoms with Gasteiger partial charge in [-0.25, -0.2) is 4.99 Å². The number of carbonyl (C=O) groups is 2. The molecule has 0 radical (unpaired) electrons. The van der Waals surface area contributed by atoms with Gasteiger partial charge in [0.2, 0.25) is 5.91 Å². The van der Waals surface area contributed by atoms with E-state index in [9.17, 15) is 24.9 Å². The fraction of sp³-hybridized carbons (Fsp3) is 0.929. The van der Waals surface area contributed by atoms with Gasteiger partial charge in [-0.2, -0.15) is 11.8 Å². The predicted molar refractivity (Wildman–Crippen MR) is 223 cm³/mol. The van der Waals surface area contributed by atoms with Crippen LogP contribution in [-0.4, -0.2) is 168 Å². The average molecular weight is 862 g/mol. The Bertz CT molecular complexity index is 1430. The number of fused-ring (bicyclic) bond motifs is 1. The quantitative estimate of drug-likeness (QED) is 0.175. The highest BCUT2D eigenvalue weighted by Gasteiger charge is 2.55. The molecule has 4 aliphatic heterocycles. The van der Waals surface area contributed by atoms with E-state index in [1.54, 1.807) is 60.4 Å². The molecule has 1 amide bonds. The second-order valence-corrected chi connectivity index (χ2v) is 19.0. The molecule has 0 aliphatic carbocycles. The molecule has 4 heterocycles. The third-order valence-corrected chi connectivity index (χ3v) is 14.0. The summed E-state index contributed by atoms with van der Waals surface area (Å²) in [5.41, 5.74) is -4.20. The van der Waals surface area contributed by atoms with Crippen LogP contribution in [0.5, 0.6) is 0 Å². The van der Waals surface area contributed by atoms with Crippen LogP contribution in [0.2, 0.25) is 0 Å². The number of aliphatic hydroxyl groups is 3. The Labute approximate surface area is 356 Å². The van der Waals surface area contributed by atoms with Crippen molar-refractivity contribution in [3.63, 3.8) is 0 Å². The zero-order valence-electron chi connectivity index (χ0n) is 37.8. The van der Waals surface area contributed by atoms with Crippen molar-refractivity contribution in [2.75, 3.05) is 39.8 Å². The Kier molecular flexibility index (Phi) is 17.4. The lowest BCUT2D eigenvalue weighted by Crippen LogP contribution is -2.60. The van der Waals surface area contributed by atoms with Crippen LogP contribution in [0.25, 0.3) is 0 Å². The van der Waals surface area contributed by atoms with Crippen LogP contribution in [0.1, 0.15) is 101 Å². The number of carbonyl (C=O) groups excluding carboxylic acids is 2. The summed E-state index contributed by atoms with van der Waals surface area (Å²) in [5, 5.41) is 37.0. The van der Waals surface area contributed by atoms with Crippen molar-refractivity contribution >= 4 is 29.7 Å². The van der Waals surface area contributed by atoms with E-state index < -0.39 is 102 Å². The standard InChI is InChI=1S/C42H75N3O13S/c1-15-29-42(10,50)33(46)26(6)44-36(48)22(2)20-41(9,52-13)35(58-38-32-28(19-23(3)53-38)45(11)39(57-32)43-17-16-18-59-14)24(4)31(25(5)37(49)55-29)56-30-21-40(8,51-12)34(47)27(7)54-30/h22-35,38,46-47,50H,15-21H2,1-14H3,(H,44,48)/t22-,23-,24+,25-,26-,27+,28+,29-,30+,31+,32-,33-,34+,35-,38-,40-,41-,42-/m1/s1. The number of aliphatic imine (C=N–C) groups is 1. The Balaban J connectivity index is 1.84. The van der Waals surface area contributed by atoms with Crippen LogP contribution in [0.3, 0.4) is 0 Å². The summed E-state index contributed by atoms with van der Waals surface area (Å²) in [7, 11) is 5.03. The molecule has 0 aromatic carbocycles. The molecule has 0 aromatic heterocycles. The van der Waals surface area contributed by atoms with Gasteiger partial charge in [-0.1, -0.05) is 20.8 Å². The molecule has 4 N–H and O–H groups in total. The Hall–Kier alpha value is -1.80. The number of esters is 1. The molecule has 0 spiro atoms. The summed E-state index contributed by atoms with van der Waals surface area (Å²) in [5.74, 6) is -2.48. The van der Waals surface area contributed by atoms with E-state index in [4.69, 9.17) is 42.9 Å². The second kappa shape index (κ2) is 20.6. The van der Waals surface area contributed by atoms with Crippen LogP contribution in [0.4, 0.5) is 0 Å². The molecule has 18 atom stereocenters. The third-order valence-electron chi connectivity index (χ3n) is 13.3. The summed E-state index contributed by atoms with van der Waals surface area (Å²) in [6.07, 6.45) is -4.78. The summed E-state index contributed by atoms with van der Waals surface area (Å²) < 4.78 is 51.6. The van der Waals surface area contributed by atoms with E-state index in [0.717, 1.165) is 12.2 Å². The Morgan fingerprint density at radius 2 is 1.61 bits per heavy atom. The molecule has 4 fully saturated rings. The van der Waals surface area contributed by atoms with Gasteiger partial charge in [0.05, 0.1) is 53.6 Å². The number of amidine groups is 1. The van der Waals surface area contributed by atoms with Crippen LogP contribution in [-0.2, 0) is 47.5 Å². The molecular formula is C42H75N3O13S. The molecule has 0 saturated carbocycles. The monoisotopic (exact) mass is 862 g/mol. The first-order valence-electron chi connectivity index (χ1n) is 21.3. The van der Waals surface area contributed by atoms with E-state index in [-0.39, 0.29) is 37.3 Å². The van der Waals surface area contributed by atoms with Crippen LogP contribution >= 0.6 is 11.8 Å². The van der Waals surface area contributed by atoms with Gasteiger partial charge in [-0.05, 0) is 86.2 Å². The van der Waals surface area contributed by atoms with E-state index in [0.29, 0.717) is 19.0 Å². The minimum absolute atomic E-state index is 0.109. The summed E-state index contributed by atoms with van der Waals surface area (Å²) >= 11 is 1.77. The highest BCUT2D eigenvalue weighted by atomic mass is 32.2. The number of amides is 1. The van der Waals surface area contributed by atoms with Crippen molar-refractivity contribution in [2.24, 2.45) is 22.7 Å². The molecule has 4 rings (SSSR count). The van der Waals surface area contributed by atoms with Gasteiger partial charge in [0.15, 0.2) is 18.7 Å². The summed E-state index contributed by atoms with van der Waals surface area (Å²) in [4.78, 5) is 35.1. The number of likely N-dealkylation sites (N-methyl/N-ethyl adjacent to an activating group) is 1.